The van der Waals surface area contributed by atoms with E-state index in [1.54, 1.807) is 0 Å². The molecular weight excluding hydrogens is 180 g/mol. The van der Waals surface area contributed by atoms with Crippen LogP contribution in [-0.4, -0.2) is 36.3 Å². The molecule has 1 saturated carbocycles. The smallest absolute Gasteiger partial charge is 0.222 e. The second kappa shape index (κ2) is 3.98. The fourth-order valence-corrected chi connectivity index (χ4v) is 1.71. The van der Waals surface area contributed by atoms with Gasteiger partial charge in [0.05, 0.1) is 0 Å². The van der Waals surface area contributed by atoms with Crippen LogP contribution < -0.4 is 5.32 Å². The lowest BCUT2D eigenvalue weighted by Crippen LogP contribution is -2.34. The Bertz CT molecular complexity index is 249. The molecule has 2 aliphatic rings. The van der Waals surface area contributed by atoms with Gasteiger partial charge in [0.2, 0.25) is 11.8 Å². The molecule has 4 heteroatoms. The monoisotopic (exact) mass is 196 g/mol. The minimum Gasteiger partial charge on any atom is -0.354 e. The molecule has 4 nitrogen and oxygen atoms in total. The van der Waals surface area contributed by atoms with Crippen LogP contribution in [0.3, 0.4) is 0 Å². The number of nitrogens with zero attached hydrogens (tertiary/aromatic N) is 1. The van der Waals surface area contributed by atoms with Crippen molar-refractivity contribution in [2.75, 3.05) is 19.6 Å². The summed E-state index contributed by atoms with van der Waals surface area (Å²) in [6.45, 7) is 1.88. The Hall–Kier alpha value is -1.06. The van der Waals surface area contributed by atoms with Crippen LogP contribution in [0.5, 0.6) is 0 Å². The minimum atomic E-state index is 0.0618. The normalized spacial score (nSPS) is 22.9. The maximum Gasteiger partial charge on any atom is 0.222 e. The summed E-state index contributed by atoms with van der Waals surface area (Å²) in [5.41, 5.74) is 0. The Labute approximate surface area is 83.6 Å². The Kier molecular flexibility index (Phi) is 2.70. The van der Waals surface area contributed by atoms with Gasteiger partial charge in [0, 0.05) is 32.5 Å². The van der Waals surface area contributed by atoms with Crippen molar-refractivity contribution in [1.29, 1.82) is 0 Å². The minimum absolute atomic E-state index is 0.0618. The molecule has 0 radical (unpaired) electrons. The molecule has 1 saturated heterocycles. The predicted octanol–water partition coefficient (Wildman–Crippen LogP) is 0.135. The maximum atomic E-state index is 11.7. The summed E-state index contributed by atoms with van der Waals surface area (Å²) in [6.07, 6.45) is 3.55. The van der Waals surface area contributed by atoms with Crippen LogP contribution in [0.1, 0.15) is 25.7 Å². The number of hydrogen-bond donors (Lipinski definition) is 1. The Morgan fingerprint density at radius 3 is 2.93 bits per heavy atom. The number of carbonyl (C=O) groups is 2. The zero-order valence-corrected chi connectivity index (χ0v) is 8.29. The summed E-state index contributed by atoms with van der Waals surface area (Å²) in [4.78, 5) is 24.5. The average Bonchev–Trinajstić information content (AvgIpc) is 2.93. The van der Waals surface area contributed by atoms with Crippen molar-refractivity contribution in [3.63, 3.8) is 0 Å². The summed E-state index contributed by atoms with van der Waals surface area (Å²) in [7, 11) is 0. The molecule has 1 heterocycles. The third-order valence-electron chi connectivity index (χ3n) is 2.83. The third-order valence-corrected chi connectivity index (χ3v) is 2.83. The molecule has 0 aromatic heterocycles. The lowest BCUT2D eigenvalue weighted by atomic mass is 10.2. The molecule has 2 rings (SSSR count). The molecule has 2 fully saturated rings. The van der Waals surface area contributed by atoms with Crippen LogP contribution in [-0.2, 0) is 9.59 Å². The van der Waals surface area contributed by atoms with E-state index >= 15 is 0 Å². The summed E-state index contributed by atoms with van der Waals surface area (Å²) in [5.74, 6) is 0.921. The molecule has 1 aliphatic carbocycles. The van der Waals surface area contributed by atoms with Gasteiger partial charge in [-0.05, 0) is 18.8 Å². The molecule has 0 atom stereocenters. The first-order chi connectivity index (χ1) is 6.75. The van der Waals surface area contributed by atoms with Crippen molar-refractivity contribution in [3.8, 4) is 0 Å². The Balaban J connectivity index is 1.82. The topological polar surface area (TPSA) is 49.4 Å². The number of nitrogens with one attached hydrogen (secondary N) is 1. The van der Waals surface area contributed by atoms with Gasteiger partial charge < -0.3 is 10.2 Å². The highest BCUT2D eigenvalue weighted by molar-refractivity contribution is 5.80. The quantitative estimate of drug-likeness (QED) is 0.682. The molecule has 2 amide bonds. The SMILES string of the molecule is O=C1CCN(C(=O)CC2CC2)CCN1. The molecule has 0 aromatic rings. The van der Waals surface area contributed by atoms with Crippen molar-refractivity contribution in [3.05, 3.63) is 0 Å². The first-order valence-corrected chi connectivity index (χ1v) is 5.30. The second-order valence-corrected chi connectivity index (χ2v) is 4.13. The van der Waals surface area contributed by atoms with E-state index < -0.39 is 0 Å². The standard InChI is InChI=1S/C10H16N2O2/c13-9-3-5-12(6-4-11-9)10(14)7-8-1-2-8/h8H,1-7H2,(H,11,13). The predicted molar refractivity (Wildman–Crippen MR) is 51.5 cm³/mol. The van der Waals surface area contributed by atoms with Crippen molar-refractivity contribution >= 4 is 11.8 Å². The molecular formula is C10H16N2O2. The van der Waals surface area contributed by atoms with Crippen LogP contribution in [0.15, 0.2) is 0 Å². The van der Waals surface area contributed by atoms with E-state index in [1.165, 1.54) is 12.8 Å². The van der Waals surface area contributed by atoms with Gasteiger partial charge in [-0.2, -0.15) is 0 Å². The fraction of sp³-hybridized carbons (Fsp3) is 0.800. The van der Waals surface area contributed by atoms with Gasteiger partial charge in [-0.15, -0.1) is 0 Å². The van der Waals surface area contributed by atoms with Crippen molar-refractivity contribution in [2.45, 2.75) is 25.7 Å². The van der Waals surface area contributed by atoms with Gasteiger partial charge in [0.25, 0.3) is 0 Å². The van der Waals surface area contributed by atoms with E-state index in [2.05, 4.69) is 5.32 Å². The van der Waals surface area contributed by atoms with Gasteiger partial charge in [-0.25, -0.2) is 0 Å². The van der Waals surface area contributed by atoms with E-state index in [1.807, 2.05) is 4.90 Å². The van der Waals surface area contributed by atoms with Crippen LogP contribution in [0.2, 0.25) is 0 Å². The zero-order valence-electron chi connectivity index (χ0n) is 8.29. The molecule has 0 aromatic carbocycles. The first-order valence-electron chi connectivity index (χ1n) is 5.30. The van der Waals surface area contributed by atoms with E-state index in [9.17, 15) is 9.59 Å². The third kappa shape index (κ3) is 2.47. The highest BCUT2D eigenvalue weighted by Gasteiger charge is 2.27. The summed E-state index contributed by atoms with van der Waals surface area (Å²) >= 11 is 0. The van der Waals surface area contributed by atoms with Gasteiger partial charge >= 0.3 is 0 Å². The lowest BCUT2D eigenvalue weighted by molar-refractivity contribution is -0.131. The van der Waals surface area contributed by atoms with Gasteiger partial charge in [0.15, 0.2) is 0 Å². The van der Waals surface area contributed by atoms with Gasteiger partial charge in [-0.1, -0.05) is 0 Å². The van der Waals surface area contributed by atoms with Crippen molar-refractivity contribution in [1.82, 2.24) is 10.2 Å². The highest BCUT2D eigenvalue weighted by Crippen LogP contribution is 2.32. The largest absolute Gasteiger partial charge is 0.354 e. The van der Waals surface area contributed by atoms with Crippen molar-refractivity contribution in [2.24, 2.45) is 5.92 Å². The van der Waals surface area contributed by atoms with Crippen LogP contribution >= 0.6 is 0 Å². The number of carbonyl (C=O) groups excluding carboxylic acids is 2. The molecule has 78 valence electrons. The van der Waals surface area contributed by atoms with Gasteiger partial charge in [0.1, 0.15) is 0 Å². The van der Waals surface area contributed by atoms with Crippen molar-refractivity contribution < 1.29 is 9.59 Å². The summed E-state index contributed by atoms with van der Waals surface area (Å²) < 4.78 is 0. The summed E-state index contributed by atoms with van der Waals surface area (Å²) in [6, 6.07) is 0. The summed E-state index contributed by atoms with van der Waals surface area (Å²) in [5, 5.41) is 2.77. The number of amides is 2. The molecule has 0 bridgehead atoms. The number of rotatable bonds is 2. The number of hydrogen-bond acceptors (Lipinski definition) is 2. The van der Waals surface area contributed by atoms with Gasteiger partial charge in [-0.3, -0.25) is 9.59 Å². The van der Waals surface area contributed by atoms with E-state index in [4.69, 9.17) is 0 Å². The Morgan fingerprint density at radius 2 is 2.21 bits per heavy atom. The maximum absolute atomic E-state index is 11.7. The molecule has 1 aliphatic heterocycles. The van der Waals surface area contributed by atoms with E-state index in [0.717, 1.165) is 0 Å². The van der Waals surface area contributed by atoms with E-state index in [0.29, 0.717) is 38.4 Å². The first kappa shape index (κ1) is 9.49. The average molecular weight is 196 g/mol. The van der Waals surface area contributed by atoms with Crippen LogP contribution in [0.25, 0.3) is 0 Å². The molecule has 0 spiro atoms. The zero-order chi connectivity index (χ0) is 9.97. The second-order valence-electron chi connectivity index (χ2n) is 4.13. The molecule has 1 N–H and O–H groups in total. The lowest BCUT2D eigenvalue weighted by Gasteiger charge is -2.19. The van der Waals surface area contributed by atoms with E-state index in [-0.39, 0.29) is 11.8 Å². The van der Waals surface area contributed by atoms with Crippen LogP contribution in [0, 0.1) is 5.92 Å². The Morgan fingerprint density at radius 1 is 1.43 bits per heavy atom. The van der Waals surface area contributed by atoms with Crippen LogP contribution in [0.4, 0.5) is 0 Å². The fourth-order valence-electron chi connectivity index (χ4n) is 1.71. The molecule has 0 unspecified atom stereocenters. The molecule has 14 heavy (non-hydrogen) atoms. The highest BCUT2D eigenvalue weighted by atomic mass is 16.2.